The van der Waals surface area contributed by atoms with Crippen molar-refractivity contribution in [3.63, 3.8) is 0 Å². The molecule has 0 bridgehead atoms. The first-order chi connectivity index (χ1) is 14.4. The standard InChI is InChI=1S/C29H38Si/c1-23(2)21-29(24(3)4)26-14-12-13-25(22-26)19-20-30(5,27-15-8-6-9-16-27)28-17-10-7-11-18-28/h6-18,22-24,29H,19-21H2,1-5H3. The molecule has 0 aliphatic heterocycles. The lowest BCUT2D eigenvalue weighted by Crippen LogP contribution is -2.55. The van der Waals surface area contributed by atoms with Crippen LogP contribution in [0.3, 0.4) is 0 Å². The molecule has 1 atom stereocenters. The van der Waals surface area contributed by atoms with E-state index in [1.807, 2.05) is 0 Å². The second kappa shape index (κ2) is 10.3. The minimum Gasteiger partial charge on any atom is -0.0628 e. The lowest BCUT2D eigenvalue weighted by Gasteiger charge is -2.29. The second-order valence-electron chi connectivity index (χ2n) is 9.79. The van der Waals surface area contributed by atoms with Crippen LogP contribution in [0.5, 0.6) is 0 Å². The third-order valence-electron chi connectivity index (χ3n) is 6.64. The van der Waals surface area contributed by atoms with Crippen LogP contribution >= 0.6 is 0 Å². The maximum Gasteiger partial charge on any atom is 0.115 e. The van der Waals surface area contributed by atoms with Gasteiger partial charge in [0.15, 0.2) is 0 Å². The fourth-order valence-electron chi connectivity index (χ4n) is 4.74. The Morgan fingerprint density at radius 1 is 0.700 bits per heavy atom. The van der Waals surface area contributed by atoms with Gasteiger partial charge in [0.25, 0.3) is 0 Å². The van der Waals surface area contributed by atoms with Crippen molar-refractivity contribution in [3.05, 3.63) is 96.1 Å². The fraction of sp³-hybridized carbons (Fsp3) is 0.379. The van der Waals surface area contributed by atoms with Crippen LogP contribution in [0.15, 0.2) is 84.9 Å². The molecule has 30 heavy (non-hydrogen) atoms. The van der Waals surface area contributed by atoms with Gasteiger partial charge in [-0.2, -0.15) is 0 Å². The third kappa shape index (κ3) is 5.52. The highest BCUT2D eigenvalue weighted by atomic mass is 28.3. The average molecular weight is 415 g/mol. The lowest BCUT2D eigenvalue weighted by atomic mass is 9.81. The van der Waals surface area contributed by atoms with Crippen molar-refractivity contribution in [1.29, 1.82) is 0 Å². The molecule has 1 unspecified atom stereocenters. The highest BCUT2D eigenvalue weighted by Crippen LogP contribution is 2.31. The summed E-state index contributed by atoms with van der Waals surface area (Å²) in [7, 11) is -1.78. The highest BCUT2D eigenvalue weighted by Gasteiger charge is 2.31. The molecular weight excluding hydrogens is 376 g/mol. The Kier molecular flexibility index (Phi) is 7.72. The molecule has 0 aromatic heterocycles. The summed E-state index contributed by atoms with van der Waals surface area (Å²) in [5, 5.41) is 3.07. The maximum atomic E-state index is 2.54. The van der Waals surface area contributed by atoms with E-state index < -0.39 is 8.07 Å². The van der Waals surface area contributed by atoms with Crippen LogP contribution in [0.25, 0.3) is 0 Å². The number of aryl methyl sites for hydroxylation is 1. The molecule has 158 valence electrons. The predicted molar refractivity (Wildman–Crippen MR) is 136 cm³/mol. The van der Waals surface area contributed by atoms with E-state index in [1.54, 1.807) is 0 Å². The van der Waals surface area contributed by atoms with Gasteiger partial charge >= 0.3 is 0 Å². The van der Waals surface area contributed by atoms with Gasteiger partial charge in [-0.15, -0.1) is 0 Å². The van der Waals surface area contributed by atoms with Crippen LogP contribution in [0.1, 0.15) is 51.2 Å². The zero-order valence-electron chi connectivity index (χ0n) is 19.4. The van der Waals surface area contributed by atoms with Crippen LogP contribution in [0.2, 0.25) is 12.6 Å². The topological polar surface area (TPSA) is 0 Å². The van der Waals surface area contributed by atoms with Gasteiger partial charge in [-0.05, 0) is 47.8 Å². The molecule has 0 saturated heterocycles. The monoisotopic (exact) mass is 414 g/mol. The molecule has 0 aliphatic carbocycles. The van der Waals surface area contributed by atoms with Gasteiger partial charge in [0.1, 0.15) is 8.07 Å². The minimum absolute atomic E-state index is 0.650. The molecule has 1 heteroatoms. The third-order valence-corrected chi connectivity index (χ3v) is 11.1. The Bertz CT molecular complexity index is 856. The second-order valence-corrected chi connectivity index (χ2v) is 14.1. The molecule has 0 spiro atoms. The molecule has 0 heterocycles. The maximum absolute atomic E-state index is 2.54. The largest absolute Gasteiger partial charge is 0.115 e. The van der Waals surface area contributed by atoms with Crippen molar-refractivity contribution in [2.45, 2.75) is 59.0 Å². The Hall–Kier alpha value is -2.12. The predicted octanol–water partition coefficient (Wildman–Crippen LogP) is 6.91. The number of rotatable bonds is 9. The Morgan fingerprint density at radius 3 is 1.77 bits per heavy atom. The van der Waals surface area contributed by atoms with E-state index in [0.717, 1.165) is 12.3 Å². The minimum atomic E-state index is -1.78. The van der Waals surface area contributed by atoms with Gasteiger partial charge in [0.05, 0.1) is 0 Å². The Morgan fingerprint density at radius 2 is 1.27 bits per heavy atom. The Balaban J connectivity index is 1.86. The van der Waals surface area contributed by atoms with Gasteiger partial charge in [0, 0.05) is 0 Å². The van der Waals surface area contributed by atoms with Crippen LogP contribution in [-0.4, -0.2) is 8.07 Å². The van der Waals surface area contributed by atoms with Gasteiger partial charge in [-0.3, -0.25) is 0 Å². The van der Waals surface area contributed by atoms with E-state index in [9.17, 15) is 0 Å². The van der Waals surface area contributed by atoms with Crippen LogP contribution in [-0.2, 0) is 6.42 Å². The van der Waals surface area contributed by atoms with Crippen LogP contribution in [0.4, 0.5) is 0 Å². The molecule has 3 aromatic carbocycles. The summed E-state index contributed by atoms with van der Waals surface area (Å²) in [6.07, 6.45) is 2.41. The zero-order valence-corrected chi connectivity index (χ0v) is 20.4. The molecule has 3 rings (SSSR count). The summed E-state index contributed by atoms with van der Waals surface area (Å²) in [6, 6.07) is 33.1. The van der Waals surface area contributed by atoms with Crippen molar-refractivity contribution < 1.29 is 0 Å². The van der Waals surface area contributed by atoms with Crippen molar-refractivity contribution in [1.82, 2.24) is 0 Å². The molecule has 0 nitrogen and oxygen atoms in total. The van der Waals surface area contributed by atoms with E-state index in [-0.39, 0.29) is 0 Å². The molecule has 0 saturated carbocycles. The van der Waals surface area contributed by atoms with Crippen LogP contribution < -0.4 is 10.4 Å². The normalized spacial score (nSPS) is 13.0. The summed E-state index contributed by atoms with van der Waals surface area (Å²) in [5.41, 5.74) is 3.02. The van der Waals surface area contributed by atoms with Gasteiger partial charge < -0.3 is 0 Å². The van der Waals surface area contributed by atoms with E-state index >= 15 is 0 Å². The van der Waals surface area contributed by atoms with Gasteiger partial charge in [0.2, 0.25) is 0 Å². The first-order valence-electron chi connectivity index (χ1n) is 11.6. The van der Waals surface area contributed by atoms with Crippen molar-refractivity contribution in [3.8, 4) is 0 Å². The number of hydrogen-bond acceptors (Lipinski definition) is 0. The average Bonchev–Trinajstić information content (AvgIpc) is 2.77. The smallest absolute Gasteiger partial charge is 0.0628 e. The van der Waals surface area contributed by atoms with E-state index in [4.69, 9.17) is 0 Å². The van der Waals surface area contributed by atoms with E-state index in [0.29, 0.717) is 11.8 Å². The first kappa shape index (κ1) is 22.6. The van der Waals surface area contributed by atoms with Gasteiger partial charge in [-0.1, -0.05) is 130 Å². The van der Waals surface area contributed by atoms with E-state index in [1.165, 1.54) is 34.0 Å². The highest BCUT2D eigenvalue weighted by molar-refractivity contribution is 7.01. The molecule has 0 N–H and O–H groups in total. The SMILES string of the molecule is CC(C)CC(c1cccc(CC[Si](C)(c2ccccc2)c2ccccc2)c1)C(C)C. The molecule has 3 aromatic rings. The summed E-state index contributed by atoms with van der Waals surface area (Å²) >= 11 is 0. The quantitative estimate of drug-likeness (QED) is 0.334. The van der Waals surface area contributed by atoms with Crippen LogP contribution in [0, 0.1) is 11.8 Å². The lowest BCUT2D eigenvalue weighted by molar-refractivity contribution is 0.407. The molecule has 0 amide bonds. The van der Waals surface area contributed by atoms with Crippen molar-refractivity contribution in [2.75, 3.05) is 0 Å². The fourth-order valence-corrected chi connectivity index (χ4v) is 8.30. The molecule has 0 radical (unpaired) electrons. The zero-order chi connectivity index (χ0) is 21.6. The van der Waals surface area contributed by atoms with Crippen molar-refractivity contribution in [2.24, 2.45) is 11.8 Å². The number of benzene rings is 3. The summed E-state index contributed by atoms with van der Waals surface area (Å²) in [6.45, 7) is 12.0. The molecule has 0 fully saturated rings. The molecular formula is C29H38Si. The summed E-state index contributed by atoms with van der Waals surface area (Å²) in [5.74, 6) is 2.06. The van der Waals surface area contributed by atoms with Crippen molar-refractivity contribution >= 4 is 18.4 Å². The van der Waals surface area contributed by atoms with Gasteiger partial charge in [-0.25, -0.2) is 0 Å². The van der Waals surface area contributed by atoms with E-state index in [2.05, 4.69) is 119 Å². The Labute approximate surface area is 185 Å². The molecule has 0 aliphatic rings. The summed E-state index contributed by atoms with van der Waals surface area (Å²) < 4.78 is 0. The number of hydrogen-bond donors (Lipinski definition) is 0. The first-order valence-corrected chi connectivity index (χ1v) is 14.3. The summed E-state index contributed by atoms with van der Waals surface area (Å²) in [4.78, 5) is 0.